The van der Waals surface area contributed by atoms with E-state index >= 15 is 0 Å². The number of benzene rings is 1. The molecular formula is C23H32FN5O2. The number of hydrogen-bond acceptors (Lipinski definition) is 6. The Morgan fingerprint density at radius 1 is 1.29 bits per heavy atom. The van der Waals surface area contributed by atoms with Crippen LogP contribution in [0, 0.1) is 5.82 Å². The van der Waals surface area contributed by atoms with Crippen molar-refractivity contribution < 1.29 is 13.9 Å². The van der Waals surface area contributed by atoms with Crippen molar-refractivity contribution in [2.75, 3.05) is 19.0 Å². The summed E-state index contributed by atoms with van der Waals surface area (Å²) in [6.07, 6.45) is 7.17. The van der Waals surface area contributed by atoms with Gasteiger partial charge in [-0.2, -0.15) is 5.10 Å². The first kappa shape index (κ1) is 24.3. The maximum atomic E-state index is 13.8. The Bertz CT molecular complexity index is 960. The van der Waals surface area contributed by atoms with Crippen LogP contribution in [0.3, 0.4) is 0 Å². The van der Waals surface area contributed by atoms with Crippen LogP contribution in [-0.2, 0) is 6.54 Å². The van der Waals surface area contributed by atoms with Gasteiger partial charge in [0, 0.05) is 24.3 Å². The zero-order valence-electron chi connectivity index (χ0n) is 18.7. The van der Waals surface area contributed by atoms with Crippen LogP contribution in [-0.4, -0.2) is 40.6 Å². The number of aromatic nitrogens is 3. The molecule has 1 atom stereocenters. The van der Waals surface area contributed by atoms with Crippen LogP contribution >= 0.6 is 0 Å². The summed E-state index contributed by atoms with van der Waals surface area (Å²) in [6.45, 7) is 7.00. The molecule has 0 aliphatic carbocycles. The first-order valence-electron chi connectivity index (χ1n) is 10.8. The number of anilines is 1. The Balaban J connectivity index is 0.00000166. The fourth-order valence-electron chi connectivity index (χ4n) is 3.03. The van der Waals surface area contributed by atoms with E-state index in [-0.39, 0.29) is 11.9 Å². The number of nitrogens with zero attached hydrogens (tertiary/aromatic N) is 3. The molecule has 3 rings (SSSR count). The Morgan fingerprint density at radius 2 is 2.10 bits per heavy atom. The van der Waals surface area contributed by atoms with Crippen molar-refractivity contribution in [3.8, 4) is 5.75 Å². The molecule has 0 aliphatic heterocycles. The molecule has 0 amide bonds. The Hall–Kier alpha value is -3.00. The molecule has 0 spiro atoms. The number of carbonyl (C=O) groups is 1. The lowest BCUT2D eigenvalue weighted by atomic mass is 10.1. The predicted molar refractivity (Wildman–Crippen MR) is 121 cm³/mol. The van der Waals surface area contributed by atoms with Gasteiger partial charge in [0.05, 0.1) is 11.8 Å². The Labute approximate surface area is 183 Å². The maximum Gasteiger partial charge on any atom is 0.167 e. The summed E-state index contributed by atoms with van der Waals surface area (Å²) >= 11 is 0. The molecule has 8 heteroatoms. The first-order valence-corrected chi connectivity index (χ1v) is 10.8. The highest BCUT2D eigenvalue weighted by atomic mass is 19.1. The smallest absolute Gasteiger partial charge is 0.167 e. The lowest BCUT2D eigenvalue weighted by Gasteiger charge is -2.18. The summed E-state index contributed by atoms with van der Waals surface area (Å²) in [7, 11) is 1.92. The minimum atomic E-state index is -0.326. The van der Waals surface area contributed by atoms with Gasteiger partial charge in [0.15, 0.2) is 11.9 Å². The molecule has 2 heterocycles. The molecular weight excluding hydrogens is 397 g/mol. The molecule has 0 saturated heterocycles. The monoisotopic (exact) mass is 429 g/mol. The number of rotatable bonds is 11. The molecule has 2 aromatic heterocycles. The van der Waals surface area contributed by atoms with E-state index in [1.165, 1.54) is 22.8 Å². The van der Waals surface area contributed by atoms with Crippen LogP contribution in [0.4, 0.5) is 10.2 Å². The summed E-state index contributed by atoms with van der Waals surface area (Å²) in [5.74, 6) is 0.870. The predicted octanol–water partition coefficient (Wildman–Crippen LogP) is 4.48. The van der Waals surface area contributed by atoms with Gasteiger partial charge in [-0.25, -0.2) is 13.9 Å². The van der Waals surface area contributed by atoms with Gasteiger partial charge in [-0.15, -0.1) is 0 Å². The Kier molecular flexibility index (Phi) is 9.90. The van der Waals surface area contributed by atoms with E-state index in [0.717, 1.165) is 19.3 Å². The molecule has 0 bridgehead atoms. The number of hydrogen-bond donors (Lipinski definition) is 2. The largest absolute Gasteiger partial charge is 0.492 e. The minimum Gasteiger partial charge on any atom is -0.492 e. The number of aldehydes is 1. The highest BCUT2D eigenvalue weighted by Gasteiger charge is 2.11. The van der Waals surface area contributed by atoms with Crippen molar-refractivity contribution >= 4 is 17.8 Å². The van der Waals surface area contributed by atoms with Crippen LogP contribution in [0.25, 0.3) is 5.65 Å². The van der Waals surface area contributed by atoms with Crippen molar-refractivity contribution in [1.29, 1.82) is 0 Å². The van der Waals surface area contributed by atoms with Crippen molar-refractivity contribution in [3.05, 3.63) is 53.6 Å². The molecule has 0 fully saturated rings. The van der Waals surface area contributed by atoms with Gasteiger partial charge in [0.1, 0.15) is 24.0 Å². The quantitative estimate of drug-likeness (QED) is 0.438. The second kappa shape index (κ2) is 12.6. The van der Waals surface area contributed by atoms with Crippen molar-refractivity contribution in [2.24, 2.45) is 0 Å². The number of carbonyl (C=O) groups excluding carboxylic acids is 1. The molecule has 168 valence electrons. The molecule has 0 saturated carbocycles. The summed E-state index contributed by atoms with van der Waals surface area (Å²) in [4.78, 5) is 15.5. The van der Waals surface area contributed by atoms with Crippen LogP contribution in [0.2, 0.25) is 0 Å². The minimum absolute atomic E-state index is 0.244. The van der Waals surface area contributed by atoms with E-state index < -0.39 is 0 Å². The van der Waals surface area contributed by atoms with Gasteiger partial charge in [-0.3, -0.25) is 4.79 Å². The highest BCUT2D eigenvalue weighted by Crippen LogP contribution is 2.22. The second-order valence-corrected chi connectivity index (χ2v) is 6.84. The summed E-state index contributed by atoms with van der Waals surface area (Å²) in [5.41, 5.74) is 1.57. The topological polar surface area (TPSA) is 80.6 Å². The highest BCUT2D eigenvalue weighted by molar-refractivity contribution is 5.83. The van der Waals surface area contributed by atoms with Gasteiger partial charge < -0.3 is 15.4 Å². The molecule has 1 aromatic carbocycles. The third-order valence-corrected chi connectivity index (χ3v) is 4.76. The fraction of sp³-hybridized carbons (Fsp3) is 0.435. The van der Waals surface area contributed by atoms with Crippen molar-refractivity contribution in [3.63, 3.8) is 0 Å². The standard InChI is InChI=1S/C21H26FN5O2.C2H6/c1-3-4-5-18(23-2)14-29-19-7-6-17(22)10-15(19)11-24-20-8-9-27-21(26-20)16(13-28)12-25-27;1-2/h6-10,12-13,18,23H,3-5,11,14H2,1-2H3,(H,24,26);1-2H3. The first-order chi connectivity index (χ1) is 15.1. The fourth-order valence-corrected chi connectivity index (χ4v) is 3.03. The van der Waals surface area contributed by atoms with E-state index in [1.54, 1.807) is 18.3 Å². The van der Waals surface area contributed by atoms with Crippen LogP contribution in [0.5, 0.6) is 5.75 Å². The van der Waals surface area contributed by atoms with E-state index in [9.17, 15) is 9.18 Å². The zero-order valence-corrected chi connectivity index (χ0v) is 18.7. The van der Waals surface area contributed by atoms with Crippen LogP contribution < -0.4 is 15.4 Å². The average Bonchev–Trinajstić information content (AvgIpc) is 3.22. The normalized spacial score (nSPS) is 11.5. The number of likely N-dealkylation sites (N-methyl/N-ethyl adjacent to an activating group) is 1. The summed E-state index contributed by atoms with van der Waals surface area (Å²) in [6, 6.07) is 6.49. The van der Waals surface area contributed by atoms with Crippen molar-refractivity contribution in [1.82, 2.24) is 19.9 Å². The van der Waals surface area contributed by atoms with Gasteiger partial charge in [0.25, 0.3) is 0 Å². The number of unbranched alkanes of at least 4 members (excludes halogenated alkanes) is 1. The van der Waals surface area contributed by atoms with Crippen LogP contribution in [0.15, 0.2) is 36.7 Å². The molecule has 2 N–H and O–H groups in total. The molecule has 7 nitrogen and oxygen atoms in total. The molecule has 0 radical (unpaired) electrons. The lowest BCUT2D eigenvalue weighted by molar-refractivity contribution is 0.112. The van der Waals surface area contributed by atoms with Gasteiger partial charge >= 0.3 is 0 Å². The molecule has 31 heavy (non-hydrogen) atoms. The maximum absolute atomic E-state index is 13.8. The molecule has 1 unspecified atom stereocenters. The second-order valence-electron chi connectivity index (χ2n) is 6.84. The van der Waals surface area contributed by atoms with Gasteiger partial charge in [-0.05, 0) is 37.7 Å². The number of fused-ring (bicyclic) bond motifs is 1. The van der Waals surface area contributed by atoms with Crippen molar-refractivity contribution in [2.45, 2.75) is 52.6 Å². The number of nitrogens with one attached hydrogen (secondary N) is 2. The Morgan fingerprint density at radius 3 is 2.81 bits per heavy atom. The van der Waals surface area contributed by atoms with Crippen LogP contribution in [0.1, 0.15) is 56.0 Å². The van der Waals surface area contributed by atoms with E-state index in [2.05, 4.69) is 27.6 Å². The molecule has 3 aromatic rings. The number of ether oxygens (including phenoxy) is 1. The summed E-state index contributed by atoms with van der Waals surface area (Å²) < 4.78 is 21.3. The number of halogens is 1. The third-order valence-electron chi connectivity index (χ3n) is 4.76. The summed E-state index contributed by atoms with van der Waals surface area (Å²) in [5, 5.41) is 10.5. The average molecular weight is 430 g/mol. The lowest BCUT2D eigenvalue weighted by Crippen LogP contribution is -2.31. The van der Waals surface area contributed by atoms with Gasteiger partial charge in [-0.1, -0.05) is 33.6 Å². The SMILES string of the molecule is CC.CCCCC(COc1ccc(F)cc1CNc1ccn2ncc(C=O)c2n1)NC. The van der Waals surface area contributed by atoms with E-state index in [1.807, 2.05) is 20.9 Å². The molecule has 0 aliphatic rings. The third kappa shape index (κ3) is 6.75. The van der Waals surface area contributed by atoms with E-state index in [4.69, 9.17) is 4.74 Å². The zero-order chi connectivity index (χ0) is 22.6. The van der Waals surface area contributed by atoms with Gasteiger partial charge in [0.2, 0.25) is 0 Å². The van der Waals surface area contributed by atoms with E-state index in [0.29, 0.717) is 47.8 Å².